The first-order chi connectivity index (χ1) is 7.47. The fourth-order valence-corrected chi connectivity index (χ4v) is 1.79. The molecule has 2 nitrogen and oxygen atoms in total. The van der Waals surface area contributed by atoms with E-state index in [0.717, 1.165) is 10.9 Å². The summed E-state index contributed by atoms with van der Waals surface area (Å²) in [6.45, 7) is 0. The van der Waals surface area contributed by atoms with Crippen LogP contribution in [0.4, 0.5) is 13.2 Å². The van der Waals surface area contributed by atoms with Crippen LogP contribution in [0.15, 0.2) is 30.5 Å². The maximum Gasteiger partial charge on any atom is 0.390 e. The summed E-state index contributed by atoms with van der Waals surface area (Å²) in [5.41, 5.74) is 6.90. The summed E-state index contributed by atoms with van der Waals surface area (Å²) in [5.74, 6) is 0. The number of aromatic nitrogens is 1. The lowest BCUT2D eigenvalue weighted by Crippen LogP contribution is -2.20. The van der Waals surface area contributed by atoms with Gasteiger partial charge in [-0.1, -0.05) is 12.1 Å². The van der Waals surface area contributed by atoms with Crippen LogP contribution in [0.2, 0.25) is 0 Å². The standard InChI is InChI=1S/C11H11F3N2.ClH/c12-11(13,14)6-9(15)7-2-1-3-10-8(7)4-5-16-10;/h1-5,9,16H,6,15H2;1H/t9-;/m1./s1. The second kappa shape index (κ2) is 4.98. The minimum atomic E-state index is -4.24. The molecule has 2 aromatic rings. The number of H-pyrrole nitrogens is 1. The Kier molecular flexibility index (Phi) is 4.06. The minimum absolute atomic E-state index is 0. The van der Waals surface area contributed by atoms with E-state index in [1.165, 1.54) is 0 Å². The summed E-state index contributed by atoms with van der Waals surface area (Å²) in [5, 5.41) is 0.749. The molecule has 1 atom stereocenters. The maximum atomic E-state index is 12.2. The van der Waals surface area contributed by atoms with Crippen LogP contribution in [0.3, 0.4) is 0 Å². The molecular weight excluding hydrogens is 253 g/mol. The molecule has 0 unspecified atom stereocenters. The van der Waals surface area contributed by atoms with Crippen molar-refractivity contribution in [1.29, 1.82) is 0 Å². The van der Waals surface area contributed by atoms with Gasteiger partial charge in [0, 0.05) is 23.1 Å². The van der Waals surface area contributed by atoms with Gasteiger partial charge in [0.2, 0.25) is 0 Å². The summed E-state index contributed by atoms with van der Waals surface area (Å²) in [7, 11) is 0. The quantitative estimate of drug-likeness (QED) is 0.856. The summed E-state index contributed by atoms with van der Waals surface area (Å²) in [6, 6.07) is 5.86. The second-order valence-corrected chi connectivity index (χ2v) is 3.71. The van der Waals surface area contributed by atoms with Gasteiger partial charge in [0.15, 0.2) is 0 Å². The van der Waals surface area contributed by atoms with E-state index in [9.17, 15) is 13.2 Å². The Bertz CT molecular complexity index is 493. The third kappa shape index (κ3) is 3.14. The van der Waals surface area contributed by atoms with E-state index in [4.69, 9.17) is 5.73 Å². The molecule has 2 rings (SSSR count). The first-order valence-electron chi connectivity index (χ1n) is 4.86. The smallest absolute Gasteiger partial charge is 0.361 e. The monoisotopic (exact) mass is 264 g/mol. The predicted molar refractivity (Wildman–Crippen MR) is 63.1 cm³/mol. The molecule has 94 valence electrons. The highest BCUT2D eigenvalue weighted by Gasteiger charge is 2.31. The van der Waals surface area contributed by atoms with Crippen LogP contribution in [-0.4, -0.2) is 11.2 Å². The molecule has 0 bridgehead atoms. The lowest BCUT2D eigenvalue weighted by molar-refractivity contribution is -0.138. The number of rotatable bonds is 2. The Hall–Kier alpha value is -1.20. The lowest BCUT2D eigenvalue weighted by atomic mass is 10.0. The highest BCUT2D eigenvalue weighted by molar-refractivity contribution is 5.85. The van der Waals surface area contributed by atoms with Gasteiger partial charge in [-0.05, 0) is 17.7 Å². The molecule has 0 aliphatic carbocycles. The van der Waals surface area contributed by atoms with Crippen molar-refractivity contribution in [2.24, 2.45) is 5.73 Å². The molecule has 0 aliphatic heterocycles. The van der Waals surface area contributed by atoms with Gasteiger partial charge in [-0.25, -0.2) is 0 Å². The third-order valence-electron chi connectivity index (χ3n) is 2.48. The lowest BCUT2D eigenvalue weighted by Gasteiger charge is -2.15. The van der Waals surface area contributed by atoms with E-state index in [1.807, 2.05) is 0 Å². The molecule has 0 amide bonds. The number of nitrogens with one attached hydrogen (secondary N) is 1. The Morgan fingerprint density at radius 2 is 1.94 bits per heavy atom. The molecule has 1 aromatic carbocycles. The molecule has 0 spiro atoms. The third-order valence-corrected chi connectivity index (χ3v) is 2.48. The molecule has 17 heavy (non-hydrogen) atoms. The van der Waals surface area contributed by atoms with Crippen molar-refractivity contribution in [3.05, 3.63) is 36.0 Å². The SMILES string of the molecule is Cl.N[C@H](CC(F)(F)F)c1cccc2[nH]ccc12. The molecule has 1 aromatic heterocycles. The highest BCUT2D eigenvalue weighted by Crippen LogP contribution is 2.31. The fraction of sp³-hybridized carbons (Fsp3) is 0.273. The van der Waals surface area contributed by atoms with Crippen molar-refractivity contribution in [3.63, 3.8) is 0 Å². The average Bonchev–Trinajstić information content (AvgIpc) is 2.61. The Labute approximate surface area is 102 Å². The zero-order valence-electron chi connectivity index (χ0n) is 8.79. The van der Waals surface area contributed by atoms with Crippen LogP contribution in [0.5, 0.6) is 0 Å². The first-order valence-corrected chi connectivity index (χ1v) is 4.86. The van der Waals surface area contributed by atoms with Gasteiger partial charge in [0.1, 0.15) is 0 Å². The van der Waals surface area contributed by atoms with E-state index < -0.39 is 18.6 Å². The van der Waals surface area contributed by atoms with Crippen molar-refractivity contribution in [2.45, 2.75) is 18.6 Å². The molecule has 0 saturated carbocycles. The number of aromatic amines is 1. The van der Waals surface area contributed by atoms with Gasteiger partial charge < -0.3 is 10.7 Å². The average molecular weight is 265 g/mol. The van der Waals surface area contributed by atoms with Gasteiger partial charge in [-0.2, -0.15) is 13.2 Å². The summed E-state index contributed by atoms with van der Waals surface area (Å²) in [6.07, 6.45) is -3.55. The number of fused-ring (bicyclic) bond motifs is 1. The summed E-state index contributed by atoms with van der Waals surface area (Å²) >= 11 is 0. The molecule has 0 radical (unpaired) electrons. The van der Waals surface area contributed by atoms with Crippen LogP contribution in [0.25, 0.3) is 10.9 Å². The van der Waals surface area contributed by atoms with Crippen LogP contribution in [0, 0.1) is 0 Å². The zero-order chi connectivity index (χ0) is 11.8. The van der Waals surface area contributed by atoms with Gasteiger partial charge in [-0.15, -0.1) is 12.4 Å². The van der Waals surface area contributed by atoms with Crippen molar-refractivity contribution in [2.75, 3.05) is 0 Å². The number of halogens is 4. The minimum Gasteiger partial charge on any atom is -0.361 e. The largest absolute Gasteiger partial charge is 0.390 e. The molecule has 1 heterocycles. The Morgan fingerprint density at radius 3 is 2.59 bits per heavy atom. The van der Waals surface area contributed by atoms with Crippen molar-refractivity contribution in [1.82, 2.24) is 4.98 Å². The van der Waals surface area contributed by atoms with Crippen molar-refractivity contribution >= 4 is 23.3 Å². The molecule has 0 aliphatic rings. The molecule has 0 saturated heterocycles. The van der Waals surface area contributed by atoms with E-state index in [2.05, 4.69) is 4.98 Å². The summed E-state index contributed by atoms with van der Waals surface area (Å²) in [4.78, 5) is 2.94. The molecular formula is C11H12ClF3N2. The van der Waals surface area contributed by atoms with E-state index in [0.29, 0.717) is 5.56 Å². The van der Waals surface area contributed by atoms with Crippen LogP contribution in [-0.2, 0) is 0 Å². The van der Waals surface area contributed by atoms with Crippen LogP contribution < -0.4 is 5.73 Å². The number of hydrogen-bond acceptors (Lipinski definition) is 1. The van der Waals surface area contributed by atoms with E-state index in [-0.39, 0.29) is 12.4 Å². The Morgan fingerprint density at radius 1 is 1.24 bits per heavy atom. The van der Waals surface area contributed by atoms with E-state index >= 15 is 0 Å². The van der Waals surface area contributed by atoms with Crippen LogP contribution >= 0.6 is 12.4 Å². The van der Waals surface area contributed by atoms with Crippen molar-refractivity contribution in [3.8, 4) is 0 Å². The first kappa shape index (κ1) is 13.9. The molecule has 6 heteroatoms. The fourth-order valence-electron chi connectivity index (χ4n) is 1.79. The predicted octanol–water partition coefficient (Wildman–Crippen LogP) is 3.54. The number of hydrogen-bond donors (Lipinski definition) is 2. The zero-order valence-corrected chi connectivity index (χ0v) is 9.61. The maximum absolute atomic E-state index is 12.2. The molecule has 0 fully saturated rings. The Balaban J connectivity index is 0.00000144. The number of nitrogens with two attached hydrogens (primary N) is 1. The van der Waals surface area contributed by atoms with Crippen LogP contribution in [0.1, 0.15) is 18.0 Å². The summed E-state index contributed by atoms with van der Waals surface area (Å²) < 4.78 is 36.7. The number of benzene rings is 1. The topological polar surface area (TPSA) is 41.8 Å². The van der Waals surface area contributed by atoms with Gasteiger partial charge in [0.25, 0.3) is 0 Å². The second-order valence-electron chi connectivity index (χ2n) is 3.71. The van der Waals surface area contributed by atoms with E-state index in [1.54, 1.807) is 30.5 Å². The molecule has 3 N–H and O–H groups in total. The van der Waals surface area contributed by atoms with Gasteiger partial charge >= 0.3 is 6.18 Å². The highest BCUT2D eigenvalue weighted by atomic mass is 35.5. The number of alkyl halides is 3. The normalized spacial score (nSPS) is 13.4. The van der Waals surface area contributed by atoms with Crippen molar-refractivity contribution < 1.29 is 13.2 Å². The van der Waals surface area contributed by atoms with Gasteiger partial charge in [0.05, 0.1) is 6.42 Å². The van der Waals surface area contributed by atoms with Gasteiger partial charge in [-0.3, -0.25) is 0 Å².